The summed E-state index contributed by atoms with van der Waals surface area (Å²) in [6, 6.07) is 31.4. The summed E-state index contributed by atoms with van der Waals surface area (Å²) in [6.45, 7) is 0.335. The molecule has 0 bridgehead atoms. The molecule has 0 N–H and O–H groups in total. The predicted molar refractivity (Wildman–Crippen MR) is 119 cm³/mol. The maximum atomic E-state index is 12.0. The molecule has 0 unspecified atom stereocenters. The minimum absolute atomic E-state index is 0.148. The Bertz CT molecular complexity index is 814. The Morgan fingerprint density at radius 3 is 1.79 bits per heavy atom. The van der Waals surface area contributed by atoms with Crippen LogP contribution >= 0.6 is 11.1 Å². The smallest absolute Gasteiger partial charge is 0.306 e. The van der Waals surface area contributed by atoms with Crippen molar-refractivity contribution in [2.75, 3.05) is 0 Å². The van der Waals surface area contributed by atoms with Crippen LogP contribution in [0.5, 0.6) is 0 Å². The van der Waals surface area contributed by atoms with E-state index in [0.29, 0.717) is 13.0 Å². The van der Waals surface area contributed by atoms with E-state index in [2.05, 4.69) is 24.3 Å². The topological polar surface area (TPSA) is 26.3 Å². The van der Waals surface area contributed by atoms with E-state index in [0.717, 1.165) is 24.4 Å². The van der Waals surface area contributed by atoms with Crippen LogP contribution in [0.3, 0.4) is 0 Å². The lowest BCUT2D eigenvalue weighted by Crippen LogP contribution is -2.53. The van der Waals surface area contributed by atoms with Gasteiger partial charge in [0.15, 0.2) is 0 Å². The van der Waals surface area contributed by atoms with Gasteiger partial charge in [-0.1, -0.05) is 97.4 Å². The minimum Gasteiger partial charge on any atom is -0.461 e. The number of unbranched alkanes of at least 4 members (excludes halogenated alkanes) is 1. The molecule has 0 saturated heterocycles. The molecule has 28 heavy (non-hydrogen) atoms. The van der Waals surface area contributed by atoms with Crippen LogP contribution in [0.25, 0.3) is 0 Å². The molecule has 144 valence electrons. The van der Waals surface area contributed by atoms with Crippen molar-refractivity contribution in [3.8, 4) is 0 Å². The molecule has 0 heterocycles. The first kappa shape index (κ1) is 20.4. The average Bonchev–Trinajstić information content (AvgIpc) is 2.77. The Balaban J connectivity index is 1.54. The number of esters is 1. The van der Waals surface area contributed by atoms with Crippen LogP contribution in [0.15, 0.2) is 91.0 Å². The van der Waals surface area contributed by atoms with E-state index in [-0.39, 0.29) is 5.97 Å². The fourth-order valence-electron chi connectivity index (χ4n) is 3.31. The van der Waals surface area contributed by atoms with Gasteiger partial charge in [0.05, 0.1) is 0 Å². The van der Waals surface area contributed by atoms with Gasteiger partial charge >= 0.3 is 5.97 Å². The Hall–Kier alpha value is -2.36. The van der Waals surface area contributed by atoms with Crippen LogP contribution in [0.1, 0.15) is 24.8 Å². The number of hydrogen-bond donors (Lipinski definition) is 0. The van der Waals surface area contributed by atoms with E-state index >= 15 is 0 Å². The molecule has 0 amide bonds. The van der Waals surface area contributed by atoms with Gasteiger partial charge in [-0.3, -0.25) is 4.79 Å². The van der Waals surface area contributed by atoms with Gasteiger partial charge in [0.1, 0.15) is 6.61 Å². The van der Waals surface area contributed by atoms with Crippen molar-refractivity contribution in [1.29, 1.82) is 0 Å². The summed E-state index contributed by atoms with van der Waals surface area (Å²) in [6.07, 6.45) is 2.12. The van der Waals surface area contributed by atoms with Gasteiger partial charge in [0.2, 0.25) is 7.38 Å². The van der Waals surface area contributed by atoms with E-state index < -0.39 is 7.38 Å². The highest BCUT2D eigenvalue weighted by Crippen LogP contribution is 2.20. The van der Waals surface area contributed by atoms with Gasteiger partial charge in [0, 0.05) is 6.42 Å². The van der Waals surface area contributed by atoms with Crippen molar-refractivity contribution in [2.24, 2.45) is 0 Å². The second kappa shape index (κ2) is 10.3. The molecular formula is C24H25ClO2Si. The highest BCUT2D eigenvalue weighted by Gasteiger charge is 2.34. The van der Waals surface area contributed by atoms with Crippen molar-refractivity contribution in [3.63, 3.8) is 0 Å². The number of carbonyl (C=O) groups is 1. The maximum Gasteiger partial charge on any atom is 0.306 e. The summed E-state index contributed by atoms with van der Waals surface area (Å²) < 4.78 is 5.37. The van der Waals surface area contributed by atoms with Gasteiger partial charge < -0.3 is 4.74 Å². The van der Waals surface area contributed by atoms with Crippen molar-refractivity contribution in [2.45, 2.75) is 31.9 Å². The van der Waals surface area contributed by atoms with Gasteiger partial charge in [-0.2, -0.15) is 11.1 Å². The molecule has 0 radical (unpaired) electrons. The Labute approximate surface area is 172 Å². The van der Waals surface area contributed by atoms with Crippen LogP contribution in [0, 0.1) is 0 Å². The summed E-state index contributed by atoms with van der Waals surface area (Å²) in [5.41, 5.74) is 1.01. The first-order chi connectivity index (χ1) is 13.7. The lowest BCUT2D eigenvalue weighted by molar-refractivity contribution is -0.145. The van der Waals surface area contributed by atoms with E-state index in [1.165, 1.54) is 10.4 Å². The summed E-state index contributed by atoms with van der Waals surface area (Å²) in [7, 11) is -2.32. The summed E-state index contributed by atoms with van der Waals surface area (Å²) in [5, 5.41) is 2.43. The Morgan fingerprint density at radius 1 is 0.750 bits per heavy atom. The second-order valence-electron chi connectivity index (χ2n) is 6.89. The molecule has 0 fully saturated rings. The number of carbonyl (C=O) groups excluding carboxylic acids is 1. The van der Waals surface area contributed by atoms with Gasteiger partial charge in [-0.05, 0) is 28.4 Å². The van der Waals surface area contributed by atoms with E-state index in [4.69, 9.17) is 15.8 Å². The molecule has 0 aliphatic heterocycles. The molecule has 0 spiro atoms. The molecule has 3 rings (SSSR count). The summed E-state index contributed by atoms with van der Waals surface area (Å²) in [5.74, 6) is -0.148. The molecule has 0 saturated carbocycles. The van der Waals surface area contributed by atoms with Gasteiger partial charge in [0.25, 0.3) is 0 Å². The lowest BCUT2D eigenvalue weighted by Gasteiger charge is -2.25. The number of rotatable bonds is 9. The molecule has 0 aliphatic carbocycles. The summed E-state index contributed by atoms with van der Waals surface area (Å²) >= 11 is 7.27. The highest BCUT2D eigenvalue weighted by molar-refractivity contribution is 7.34. The zero-order valence-electron chi connectivity index (χ0n) is 15.9. The second-order valence-corrected chi connectivity index (χ2v) is 12.1. The number of ether oxygens (including phenoxy) is 1. The monoisotopic (exact) mass is 408 g/mol. The molecule has 0 aliphatic rings. The Kier molecular flexibility index (Phi) is 7.46. The first-order valence-electron chi connectivity index (χ1n) is 9.68. The van der Waals surface area contributed by atoms with Crippen LogP contribution in [-0.2, 0) is 16.1 Å². The van der Waals surface area contributed by atoms with Crippen LogP contribution in [0.4, 0.5) is 0 Å². The molecule has 0 atom stereocenters. The fraction of sp³-hybridized carbons (Fsp3) is 0.208. The number of halogens is 1. The van der Waals surface area contributed by atoms with E-state index in [1.54, 1.807) is 0 Å². The predicted octanol–water partition coefficient (Wildman–Crippen LogP) is 4.90. The third-order valence-corrected chi connectivity index (χ3v) is 10.3. The van der Waals surface area contributed by atoms with E-state index in [1.807, 2.05) is 66.7 Å². The lowest BCUT2D eigenvalue weighted by atomic mass is 10.2. The van der Waals surface area contributed by atoms with Crippen molar-refractivity contribution < 1.29 is 9.53 Å². The first-order valence-corrected chi connectivity index (χ1v) is 12.9. The minimum atomic E-state index is -2.32. The van der Waals surface area contributed by atoms with Crippen molar-refractivity contribution in [1.82, 2.24) is 0 Å². The molecule has 2 nitrogen and oxygen atoms in total. The maximum absolute atomic E-state index is 12.0. The highest BCUT2D eigenvalue weighted by atomic mass is 35.6. The zero-order valence-corrected chi connectivity index (χ0v) is 17.6. The number of hydrogen-bond acceptors (Lipinski definition) is 2. The molecule has 0 aromatic heterocycles. The van der Waals surface area contributed by atoms with Gasteiger partial charge in [-0.25, -0.2) is 0 Å². The largest absolute Gasteiger partial charge is 0.461 e. The van der Waals surface area contributed by atoms with Crippen molar-refractivity contribution in [3.05, 3.63) is 96.6 Å². The molecule has 4 heteroatoms. The van der Waals surface area contributed by atoms with Crippen LogP contribution < -0.4 is 10.4 Å². The number of benzene rings is 3. The standard InChI is InChI=1S/C24H25ClO2Si/c25-28(22-14-6-2-7-15-22,23-16-8-3-9-17-23)19-11-10-18-24(26)27-20-21-12-4-1-5-13-21/h1-9,12-17H,10-11,18-20H2. The SMILES string of the molecule is O=C(CCCC[Si](Cl)(c1ccccc1)c1ccccc1)OCc1ccccc1. The van der Waals surface area contributed by atoms with Crippen molar-refractivity contribution >= 4 is 34.8 Å². The molecular weight excluding hydrogens is 384 g/mol. The normalized spacial score (nSPS) is 11.2. The average molecular weight is 409 g/mol. The van der Waals surface area contributed by atoms with E-state index in [9.17, 15) is 4.79 Å². The fourth-order valence-corrected chi connectivity index (χ4v) is 7.55. The molecule has 3 aromatic rings. The quantitative estimate of drug-likeness (QED) is 0.218. The van der Waals surface area contributed by atoms with Crippen LogP contribution in [-0.4, -0.2) is 13.4 Å². The van der Waals surface area contributed by atoms with Crippen LogP contribution in [0.2, 0.25) is 6.04 Å². The van der Waals surface area contributed by atoms with Gasteiger partial charge in [-0.15, -0.1) is 0 Å². The molecule has 3 aromatic carbocycles. The third-order valence-electron chi connectivity index (χ3n) is 4.86. The zero-order chi connectivity index (χ0) is 19.7. The summed E-state index contributed by atoms with van der Waals surface area (Å²) in [4.78, 5) is 12.0. The Morgan fingerprint density at radius 2 is 1.25 bits per heavy atom. The third kappa shape index (κ3) is 5.57.